The van der Waals surface area contributed by atoms with Crippen molar-refractivity contribution in [2.75, 3.05) is 26.2 Å². The van der Waals surface area contributed by atoms with Crippen molar-refractivity contribution in [1.29, 1.82) is 0 Å². The minimum absolute atomic E-state index is 0.187. The molecule has 130 valence electrons. The second kappa shape index (κ2) is 7.46. The summed E-state index contributed by atoms with van der Waals surface area (Å²) in [6.07, 6.45) is 0.464. The van der Waals surface area contributed by atoms with Gasteiger partial charge in [-0.05, 0) is 32.2 Å². The van der Waals surface area contributed by atoms with E-state index in [4.69, 9.17) is 9.15 Å². The third-order valence-corrected chi connectivity index (χ3v) is 4.81. The van der Waals surface area contributed by atoms with Crippen molar-refractivity contribution in [3.8, 4) is 10.8 Å². The summed E-state index contributed by atoms with van der Waals surface area (Å²) >= 11 is 1.54. The molecule has 3 rings (SSSR count). The Morgan fingerprint density at radius 2 is 2.17 bits per heavy atom. The van der Waals surface area contributed by atoms with Gasteiger partial charge in [-0.15, -0.1) is 11.3 Å². The number of rotatable bonds is 5. The zero-order valence-corrected chi connectivity index (χ0v) is 15.1. The lowest BCUT2D eigenvalue weighted by molar-refractivity contribution is -0.0672. The van der Waals surface area contributed by atoms with Gasteiger partial charge in [0.15, 0.2) is 5.69 Å². The van der Waals surface area contributed by atoms with Crippen LogP contribution in [-0.4, -0.2) is 54.2 Å². The summed E-state index contributed by atoms with van der Waals surface area (Å²) < 4.78 is 11.3. The summed E-state index contributed by atoms with van der Waals surface area (Å²) in [6.45, 7) is 9.09. The number of amides is 1. The maximum Gasteiger partial charge on any atom is 0.273 e. The molecule has 0 spiro atoms. The molecule has 2 aromatic heterocycles. The molecule has 3 heterocycles. The third kappa shape index (κ3) is 4.03. The zero-order valence-electron chi connectivity index (χ0n) is 14.2. The van der Waals surface area contributed by atoms with Crippen molar-refractivity contribution in [2.24, 2.45) is 0 Å². The van der Waals surface area contributed by atoms with Crippen LogP contribution >= 0.6 is 11.3 Å². The summed E-state index contributed by atoms with van der Waals surface area (Å²) in [7, 11) is 0. The van der Waals surface area contributed by atoms with Gasteiger partial charge >= 0.3 is 0 Å². The first-order valence-electron chi connectivity index (χ1n) is 8.20. The van der Waals surface area contributed by atoms with Gasteiger partial charge in [-0.25, -0.2) is 4.98 Å². The molecule has 2 unspecified atom stereocenters. The van der Waals surface area contributed by atoms with Crippen LogP contribution in [0.3, 0.4) is 0 Å². The molecule has 1 fully saturated rings. The number of ether oxygens (including phenoxy) is 1. The number of morpholine rings is 1. The molecule has 0 aliphatic carbocycles. The highest BCUT2D eigenvalue weighted by Crippen LogP contribution is 2.25. The fourth-order valence-electron chi connectivity index (χ4n) is 2.99. The van der Waals surface area contributed by atoms with E-state index in [1.165, 1.54) is 0 Å². The van der Waals surface area contributed by atoms with Crippen LogP contribution in [-0.2, 0) is 4.74 Å². The van der Waals surface area contributed by atoms with Crippen LogP contribution in [0.15, 0.2) is 21.9 Å². The highest BCUT2D eigenvalue weighted by molar-refractivity contribution is 7.13. The minimum atomic E-state index is -0.187. The second-order valence-corrected chi connectivity index (χ2v) is 7.12. The van der Waals surface area contributed by atoms with Crippen LogP contribution in [0.5, 0.6) is 0 Å². The summed E-state index contributed by atoms with van der Waals surface area (Å²) in [5, 5.41) is 4.89. The molecule has 7 heteroatoms. The summed E-state index contributed by atoms with van der Waals surface area (Å²) in [4.78, 5) is 19.9. The summed E-state index contributed by atoms with van der Waals surface area (Å²) in [5.41, 5.74) is 0.363. The smallest absolute Gasteiger partial charge is 0.273 e. The Balaban J connectivity index is 1.54. The zero-order chi connectivity index (χ0) is 17.1. The predicted octanol–water partition coefficient (Wildman–Crippen LogP) is 2.55. The molecule has 0 aromatic carbocycles. The summed E-state index contributed by atoms with van der Waals surface area (Å²) in [6, 6.07) is 3.86. The first-order chi connectivity index (χ1) is 11.5. The molecule has 0 saturated carbocycles. The normalized spacial score (nSPS) is 21.8. The van der Waals surface area contributed by atoms with E-state index >= 15 is 0 Å². The lowest BCUT2D eigenvalue weighted by Crippen LogP contribution is -2.47. The third-order valence-electron chi connectivity index (χ3n) is 3.95. The highest BCUT2D eigenvalue weighted by Gasteiger charge is 2.22. The van der Waals surface area contributed by atoms with E-state index in [1.807, 2.05) is 17.5 Å². The number of nitrogens with zero attached hydrogens (tertiary/aromatic N) is 2. The molecule has 24 heavy (non-hydrogen) atoms. The van der Waals surface area contributed by atoms with Crippen LogP contribution < -0.4 is 5.32 Å². The van der Waals surface area contributed by atoms with Crippen LogP contribution in [0.25, 0.3) is 10.8 Å². The number of carbonyl (C=O) groups is 1. The monoisotopic (exact) mass is 349 g/mol. The Labute approximate surface area is 145 Å². The number of carbonyl (C=O) groups excluding carboxylic acids is 1. The number of oxazole rings is 1. The molecule has 2 aromatic rings. The quantitative estimate of drug-likeness (QED) is 0.898. The molecule has 1 saturated heterocycles. The van der Waals surface area contributed by atoms with Crippen molar-refractivity contribution in [3.63, 3.8) is 0 Å². The molecule has 0 bridgehead atoms. The van der Waals surface area contributed by atoms with E-state index in [0.717, 1.165) is 24.5 Å². The molecule has 1 aliphatic rings. The SMILES string of the molecule is Cc1oc(-c2cccs2)nc1C(=O)NCCN1CC(C)OC(C)C1. The highest BCUT2D eigenvalue weighted by atomic mass is 32.1. The topological polar surface area (TPSA) is 67.6 Å². The average Bonchev–Trinajstić information content (AvgIpc) is 3.15. The van der Waals surface area contributed by atoms with Crippen LogP contribution in [0.2, 0.25) is 0 Å². The molecular weight excluding hydrogens is 326 g/mol. The van der Waals surface area contributed by atoms with Gasteiger partial charge in [0.2, 0.25) is 5.89 Å². The molecule has 0 radical (unpaired) electrons. The Morgan fingerprint density at radius 1 is 1.42 bits per heavy atom. The van der Waals surface area contributed by atoms with Crippen molar-refractivity contribution in [1.82, 2.24) is 15.2 Å². The standard InChI is InChI=1S/C17H23N3O3S/c1-11-9-20(10-12(2)22-11)7-6-18-16(21)15-13(3)23-17(19-15)14-5-4-8-24-14/h4-5,8,11-12H,6-7,9-10H2,1-3H3,(H,18,21). The molecule has 1 amide bonds. The number of aromatic nitrogens is 1. The molecule has 2 atom stereocenters. The number of aryl methyl sites for hydroxylation is 1. The maximum absolute atomic E-state index is 12.3. The number of hydrogen-bond acceptors (Lipinski definition) is 6. The number of nitrogens with one attached hydrogen (secondary N) is 1. The van der Waals surface area contributed by atoms with Gasteiger partial charge < -0.3 is 14.5 Å². The van der Waals surface area contributed by atoms with Gasteiger partial charge in [0, 0.05) is 26.2 Å². The molecule has 6 nitrogen and oxygen atoms in total. The fourth-order valence-corrected chi connectivity index (χ4v) is 3.64. The van der Waals surface area contributed by atoms with Gasteiger partial charge in [-0.2, -0.15) is 0 Å². The van der Waals surface area contributed by atoms with Gasteiger partial charge in [0.05, 0.1) is 17.1 Å². The van der Waals surface area contributed by atoms with Crippen molar-refractivity contribution in [2.45, 2.75) is 33.0 Å². The van der Waals surface area contributed by atoms with E-state index in [9.17, 15) is 4.79 Å². The minimum Gasteiger partial charge on any atom is -0.440 e. The lowest BCUT2D eigenvalue weighted by atomic mass is 10.2. The first kappa shape index (κ1) is 17.1. The maximum atomic E-state index is 12.3. The Morgan fingerprint density at radius 3 is 2.83 bits per heavy atom. The Bertz CT molecular complexity index is 673. The van der Waals surface area contributed by atoms with Gasteiger partial charge in [0.1, 0.15) is 5.76 Å². The van der Waals surface area contributed by atoms with E-state index < -0.39 is 0 Å². The first-order valence-corrected chi connectivity index (χ1v) is 9.08. The molecule has 1 aliphatic heterocycles. The predicted molar refractivity (Wildman–Crippen MR) is 93.3 cm³/mol. The Kier molecular flexibility index (Phi) is 5.33. The average molecular weight is 349 g/mol. The van der Waals surface area contributed by atoms with Crippen molar-refractivity contribution in [3.05, 3.63) is 29.0 Å². The van der Waals surface area contributed by atoms with Gasteiger partial charge in [-0.1, -0.05) is 6.07 Å². The summed E-state index contributed by atoms with van der Waals surface area (Å²) in [5.74, 6) is 0.862. The van der Waals surface area contributed by atoms with E-state index in [-0.39, 0.29) is 18.1 Å². The molecule has 1 N–H and O–H groups in total. The van der Waals surface area contributed by atoms with E-state index in [0.29, 0.717) is 23.9 Å². The van der Waals surface area contributed by atoms with Crippen LogP contribution in [0, 0.1) is 6.92 Å². The second-order valence-electron chi connectivity index (χ2n) is 6.17. The van der Waals surface area contributed by atoms with Crippen LogP contribution in [0.1, 0.15) is 30.1 Å². The van der Waals surface area contributed by atoms with Gasteiger partial charge in [-0.3, -0.25) is 9.69 Å². The van der Waals surface area contributed by atoms with Crippen LogP contribution in [0.4, 0.5) is 0 Å². The lowest BCUT2D eigenvalue weighted by Gasteiger charge is -2.35. The fraction of sp³-hybridized carbons (Fsp3) is 0.529. The Hall–Kier alpha value is -1.70. The number of thiophene rings is 1. The largest absolute Gasteiger partial charge is 0.440 e. The van der Waals surface area contributed by atoms with Crippen molar-refractivity contribution < 1.29 is 13.9 Å². The number of hydrogen-bond donors (Lipinski definition) is 1. The molecular formula is C17H23N3O3S. The van der Waals surface area contributed by atoms with Gasteiger partial charge in [0.25, 0.3) is 5.91 Å². The van der Waals surface area contributed by atoms with E-state index in [2.05, 4.69) is 29.0 Å². The van der Waals surface area contributed by atoms with E-state index in [1.54, 1.807) is 18.3 Å². The van der Waals surface area contributed by atoms with Crippen molar-refractivity contribution >= 4 is 17.2 Å².